The normalized spacial score (nSPS) is 10.3. The molecule has 0 heterocycles. The van der Waals surface area contributed by atoms with E-state index in [-0.39, 0.29) is 17.0 Å². The third kappa shape index (κ3) is 2.91. The number of amides is 1. The number of anilines is 1. The second kappa shape index (κ2) is 5.50. The van der Waals surface area contributed by atoms with Crippen molar-refractivity contribution >= 4 is 27.5 Å². The Morgan fingerprint density at radius 1 is 1.25 bits per heavy atom. The number of primary amides is 1. The summed E-state index contributed by atoms with van der Waals surface area (Å²) in [6.07, 6.45) is 0. The Hall–Kier alpha value is -2.08. The Balaban J connectivity index is 2.45. The summed E-state index contributed by atoms with van der Waals surface area (Å²) in [4.78, 5) is 11.2. The summed E-state index contributed by atoms with van der Waals surface area (Å²) in [6, 6.07) is 7.59. The number of aryl methyl sites for hydroxylation is 1. The SMILES string of the molecule is Cc1ccc(Br)cc1Oc1cc(C(N)=O)c(N)cc1F. The van der Waals surface area contributed by atoms with E-state index < -0.39 is 11.7 Å². The smallest absolute Gasteiger partial charge is 0.250 e. The number of hydrogen-bond acceptors (Lipinski definition) is 3. The molecule has 0 unspecified atom stereocenters. The summed E-state index contributed by atoms with van der Waals surface area (Å²) in [7, 11) is 0. The number of benzene rings is 2. The number of halogens is 2. The maximum atomic E-state index is 13.8. The molecule has 0 aromatic heterocycles. The van der Waals surface area contributed by atoms with E-state index in [1.54, 1.807) is 6.07 Å². The molecule has 4 N–H and O–H groups in total. The first-order valence-electron chi connectivity index (χ1n) is 5.71. The largest absolute Gasteiger partial charge is 0.454 e. The summed E-state index contributed by atoms with van der Waals surface area (Å²) in [6.45, 7) is 1.83. The Bertz CT molecular complexity index is 689. The molecule has 0 bridgehead atoms. The molecule has 0 saturated carbocycles. The molecule has 6 heteroatoms. The lowest BCUT2D eigenvalue weighted by Gasteiger charge is -2.12. The molecule has 104 valence electrons. The average molecular weight is 339 g/mol. The number of ether oxygens (including phenoxy) is 1. The number of nitrogen functional groups attached to an aromatic ring is 1. The Kier molecular flexibility index (Phi) is 3.94. The van der Waals surface area contributed by atoms with Crippen LogP contribution in [-0.2, 0) is 0 Å². The highest BCUT2D eigenvalue weighted by atomic mass is 79.9. The zero-order chi connectivity index (χ0) is 14.9. The van der Waals surface area contributed by atoms with Gasteiger partial charge in [-0.3, -0.25) is 4.79 Å². The minimum atomic E-state index is -0.738. The quantitative estimate of drug-likeness (QED) is 0.842. The van der Waals surface area contributed by atoms with Crippen LogP contribution in [0.25, 0.3) is 0 Å². The Morgan fingerprint density at radius 2 is 1.95 bits per heavy atom. The first kappa shape index (κ1) is 14.3. The van der Waals surface area contributed by atoms with Gasteiger partial charge in [-0.1, -0.05) is 22.0 Å². The maximum absolute atomic E-state index is 13.8. The molecule has 0 atom stereocenters. The van der Waals surface area contributed by atoms with Crippen molar-refractivity contribution in [3.8, 4) is 11.5 Å². The van der Waals surface area contributed by atoms with E-state index in [9.17, 15) is 9.18 Å². The van der Waals surface area contributed by atoms with Crippen molar-refractivity contribution in [1.29, 1.82) is 0 Å². The Morgan fingerprint density at radius 3 is 2.60 bits per heavy atom. The van der Waals surface area contributed by atoms with Gasteiger partial charge in [-0.2, -0.15) is 0 Å². The van der Waals surface area contributed by atoms with Gasteiger partial charge in [0.15, 0.2) is 11.6 Å². The van der Waals surface area contributed by atoms with Crippen molar-refractivity contribution in [2.75, 3.05) is 5.73 Å². The van der Waals surface area contributed by atoms with Gasteiger partial charge in [0.1, 0.15) is 5.75 Å². The third-order valence-electron chi connectivity index (χ3n) is 2.74. The van der Waals surface area contributed by atoms with Crippen LogP contribution in [0.2, 0.25) is 0 Å². The van der Waals surface area contributed by atoms with Crippen LogP contribution in [0.3, 0.4) is 0 Å². The lowest BCUT2D eigenvalue weighted by Crippen LogP contribution is -2.14. The van der Waals surface area contributed by atoms with Crippen molar-refractivity contribution < 1.29 is 13.9 Å². The topological polar surface area (TPSA) is 78.3 Å². The summed E-state index contributed by atoms with van der Waals surface area (Å²) >= 11 is 3.31. The van der Waals surface area contributed by atoms with Crippen molar-refractivity contribution in [3.05, 3.63) is 51.7 Å². The van der Waals surface area contributed by atoms with Crippen molar-refractivity contribution in [3.63, 3.8) is 0 Å². The molecular formula is C14H12BrFN2O2. The highest BCUT2D eigenvalue weighted by molar-refractivity contribution is 9.10. The van der Waals surface area contributed by atoms with E-state index in [1.807, 2.05) is 19.1 Å². The molecule has 2 aromatic carbocycles. The molecule has 0 spiro atoms. The van der Waals surface area contributed by atoms with E-state index >= 15 is 0 Å². The molecule has 0 fully saturated rings. The van der Waals surface area contributed by atoms with Gasteiger partial charge in [0.25, 0.3) is 5.91 Å². The van der Waals surface area contributed by atoms with E-state index in [4.69, 9.17) is 16.2 Å². The average Bonchev–Trinajstić information content (AvgIpc) is 2.36. The summed E-state index contributed by atoms with van der Waals surface area (Å²) in [5.74, 6) is -1.03. The lowest BCUT2D eigenvalue weighted by atomic mass is 10.1. The lowest BCUT2D eigenvalue weighted by molar-refractivity contribution is 0.100. The van der Waals surface area contributed by atoms with Gasteiger partial charge in [0.2, 0.25) is 0 Å². The molecule has 0 aliphatic carbocycles. The molecule has 0 aliphatic rings. The number of carbonyl (C=O) groups is 1. The van der Waals surface area contributed by atoms with Crippen molar-refractivity contribution in [1.82, 2.24) is 0 Å². The van der Waals surface area contributed by atoms with E-state index in [0.717, 1.165) is 16.1 Å². The van der Waals surface area contributed by atoms with E-state index in [0.29, 0.717) is 5.75 Å². The van der Waals surface area contributed by atoms with E-state index in [2.05, 4.69) is 15.9 Å². The van der Waals surface area contributed by atoms with Gasteiger partial charge in [-0.25, -0.2) is 4.39 Å². The Labute approximate surface area is 123 Å². The minimum absolute atomic E-state index is 0.0201. The van der Waals surface area contributed by atoms with Crippen LogP contribution in [-0.4, -0.2) is 5.91 Å². The van der Waals surface area contributed by atoms with Crippen LogP contribution in [0.4, 0.5) is 10.1 Å². The summed E-state index contributed by atoms with van der Waals surface area (Å²) < 4.78 is 20.1. The van der Waals surface area contributed by atoms with Gasteiger partial charge in [0.05, 0.1) is 5.56 Å². The fourth-order valence-corrected chi connectivity index (χ4v) is 2.00. The third-order valence-corrected chi connectivity index (χ3v) is 3.23. The number of hydrogen-bond donors (Lipinski definition) is 2. The predicted octanol–water partition coefficient (Wildman–Crippen LogP) is 3.37. The van der Waals surface area contributed by atoms with Crippen molar-refractivity contribution in [2.24, 2.45) is 5.73 Å². The first-order chi connectivity index (χ1) is 9.38. The fraction of sp³-hybridized carbons (Fsp3) is 0.0714. The highest BCUT2D eigenvalue weighted by Gasteiger charge is 2.14. The predicted molar refractivity (Wildman–Crippen MR) is 78.3 cm³/mol. The maximum Gasteiger partial charge on any atom is 0.250 e. The summed E-state index contributed by atoms with van der Waals surface area (Å²) in [5.41, 5.74) is 11.5. The number of rotatable bonds is 3. The second-order valence-electron chi connectivity index (χ2n) is 4.25. The molecule has 0 aliphatic heterocycles. The van der Waals surface area contributed by atoms with Crippen LogP contribution >= 0.6 is 15.9 Å². The zero-order valence-electron chi connectivity index (χ0n) is 10.6. The monoisotopic (exact) mass is 338 g/mol. The molecule has 2 rings (SSSR count). The molecule has 2 aromatic rings. The van der Waals surface area contributed by atoms with Crippen LogP contribution in [0.1, 0.15) is 15.9 Å². The van der Waals surface area contributed by atoms with Crippen LogP contribution < -0.4 is 16.2 Å². The molecule has 20 heavy (non-hydrogen) atoms. The summed E-state index contributed by atoms with van der Waals surface area (Å²) in [5, 5.41) is 0. The van der Waals surface area contributed by atoms with Crippen LogP contribution in [0.5, 0.6) is 11.5 Å². The van der Waals surface area contributed by atoms with Crippen molar-refractivity contribution in [2.45, 2.75) is 6.92 Å². The van der Waals surface area contributed by atoms with Gasteiger partial charge in [0, 0.05) is 16.2 Å². The molecule has 4 nitrogen and oxygen atoms in total. The minimum Gasteiger partial charge on any atom is -0.454 e. The molecule has 0 radical (unpaired) electrons. The molecule has 0 saturated heterocycles. The van der Waals surface area contributed by atoms with Crippen LogP contribution in [0, 0.1) is 12.7 Å². The van der Waals surface area contributed by atoms with Gasteiger partial charge >= 0.3 is 0 Å². The zero-order valence-corrected chi connectivity index (χ0v) is 12.2. The highest BCUT2D eigenvalue weighted by Crippen LogP contribution is 2.31. The van der Waals surface area contributed by atoms with Gasteiger partial charge < -0.3 is 16.2 Å². The number of carbonyl (C=O) groups excluding carboxylic acids is 1. The second-order valence-corrected chi connectivity index (χ2v) is 5.16. The number of nitrogens with two attached hydrogens (primary N) is 2. The molecular weight excluding hydrogens is 327 g/mol. The molecule has 1 amide bonds. The first-order valence-corrected chi connectivity index (χ1v) is 6.50. The van der Waals surface area contributed by atoms with Gasteiger partial charge in [-0.05, 0) is 30.7 Å². The standard InChI is InChI=1S/C14H12BrFN2O2/c1-7-2-3-8(15)4-12(7)20-13-5-9(14(18)19)11(17)6-10(13)16/h2-6H,17H2,1H3,(H2,18,19). The fourth-order valence-electron chi connectivity index (χ4n) is 1.66. The van der Waals surface area contributed by atoms with Gasteiger partial charge in [-0.15, -0.1) is 0 Å². The van der Waals surface area contributed by atoms with Crippen LogP contribution in [0.15, 0.2) is 34.8 Å². The van der Waals surface area contributed by atoms with E-state index in [1.165, 1.54) is 6.07 Å².